The standard InChI is InChI=1S/C29H44ClN3O/c1-22(2)13-18-33(28-14-16-32(17-15-28)20-26(31)19-23(3)4)27-9-11-29(12-10-27)34-21-24-5-7-25(30)8-6-24/h5-12,22-23,26,28H,13-21,31H2,1-4H3. The summed E-state index contributed by atoms with van der Waals surface area (Å²) in [5.41, 5.74) is 8.80. The zero-order valence-corrected chi connectivity index (χ0v) is 22.3. The molecule has 2 aromatic carbocycles. The molecule has 0 amide bonds. The summed E-state index contributed by atoms with van der Waals surface area (Å²) in [5, 5.41) is 0.749. The van der Waals surface area contributed by atoms with Crippen molar-refractivity contribution in [3.63, 3.8) is 0 Å². The van der Waals surface area contributed by atoms with Crippen LogP contribution in [0.5, 0.6) is 5.75 Å². The fourth-order valence-electron chi connectivity index (χ4n) is 4.83. The van der Waals surface area contributed by atoms with Crippen LogP contribution in [0, 0.1) is 11.8 Å². The number of halogens is 1. The first kappa shape index (κ1) is 26.8. The summed E-state index contributed by atoms with van der Waals surface area (Å²) < 4.78 is 6.01. The topological polar surface area (TPSA) is 41.7 Å². The normalized spacial score (nSPS) is 16.2. The number of ether oxygens (including phenoxy) is 1. The van der Waals surface area contributed by atoms with E-state index in [0.717, 1.165) is 48.9 Å². The van der Waals surface area contributed by atoms with Gasteiger partial charge in [-0.3, -0.25) is 0 Å². The third-order valence-electron chi connectivity index (χ3n) is 6.70. The van der Waals surface area contributed by atoms with Crippen LogP contribution in [0.3, 0.4) is 0 Å². The van der Waals surface area contributed by atoms with Crippen molar-refractivity contribution in [3.05, 3.63) is 59.1 Å². The van der Waals surface area contributed by atoms with E-state index in [1.807, 2.05) is 24.3 Å². The van der Waals surface area contributed by atoms with E-state index in [9.17, 15) is 0 Å². The quantitative estimate of drug-likeness (QED) is 0.367. The van der Waals surface area contributed by atoms with Crippen molar-refractivity contribution in [2.45, 2.75) is 72.1 Å². The molecule has 0 saturated carbocycles. The molecule has 1 atom stereocenters. The lowest BCUT2D eigenvalue weighted by atomic mass is 9.99. The van der Waals surface area contributed by atoms with E-state index < -0.39 is 0 Å². The van der Waals surface area contributed by atoms with E-state index >= 15 is 0 Å². The zero-order valence-electron chi connectivity index (χ0n) is 21.6. The Hall–Kier alpha value is -1.75. The van der Waals surface area contributed by atoms with E-state index in [0.29, 0.717) is 24.5 Å². The molecular formula is C29H44ClN3O. The summed E-state index contributed by atoms with van der Waals surface area (Å²) in [6.45, 7) is 14.1. The molecular weight excluding hydrogens is 442 g/mol. The van der Waals surface area contributed by atoms with Crippen LogP contribution < -0.4 is 15.4 Å². The van der Waals surface area contributed by atoms with Gasteiger partial charge in [-0.25, -0.2) is 0 Å². The average Bonchev–Trinajstić information content (AvgIpc) is 2.80. The van der Waals surface area contributed by atoms with Gasteiger partial charge in [-0.15, -0.1) is 0 Å². The van der Waals surface area contributed by atoms with Crippen molar-refractivity contribution in [3.8, 4) is 5.75 Å². The van der Waals surface area contributed by atoms with Crippen LogP contribution in [-0.4, -0.2) is 43.2 Å². The molecule has 188 valence electrons. The molecule has 2 N–H and O–H groups in total. The second-order valence-electron chi connectivity index (χ2n) is 10.7. The average molecular weight is 486 g/mol. The monoisotopic (exact) mass is 485 g/mol. The van der Waals surface area contributed by atoms with Crippen molar-refractivity contribution in [2.24, 2.45) is 17.6 Å². The van der Waals surface area contributed by atoms with Gasteiger partial charge in [0.2, 0.25) is 0 Å². The summed E-state index contributed by atoms with van der Waals surface area (Å²) in [7, 11) is 0. The van der Waals surface area contributed by atoms with Crippen molar-refractivity contribution < 1.29 is 4.74 Å². The van der Waals surface area contributed by atoms with Gasteiger partial charge in [0.1, 0.15) is 12.4 Å². The first-order chi connectivity index (χ1) is 16.3. The molecule has 1 aliphatic rings. The van der Waals surface area contributed by atoms with Gasteiger partial charge < -0.3 is 20.3 Å². The predicted molar refractivity (Wildman–Crippen MR) is 146 cm³/mol. The van der Waals surface area contributed by atoms with E-state index in [2.05, 4.69) is 61.8 Å². The lowest BCUT2D eigenvalue weighted by Crippen LogP contribution is -2.48. The van der Waals surface area contributed by atoms with Gasteiger partial charge in [-0.2, -0.15) is 0 Å². The van der Waals surface area contributed by atoms with Crippen LogP contribution in [0.15, 0.2) is 48.5 Å². The molecule has 5 heteroatoms. The molecule has 1 aliphatic heterocycles. The van der Waals surface area contributed by atoms with Gasteiger partial charge in [-0.05, 0) is 79.5 Å². The van der Waals surface area contributed by atoms with Gasteiger partial charge in [0.15, 0.2) is 0 Å². The maximum Gasteiger partial charge on any atom is 0.119 e. The minimum absolute atomic E-state index is 0.286. The number of likely N-dealkylation sites (tertiary alicyclic amines) is 1. The Labute approximate surface area is 212 Å². The number of nitrogens with two attached hydrogens (primary N) is 1. The number of benzene rings is 2. The van der Waals surface area contributed by atoms with Crippen molar-refractivity contribution >= 4 is 17.3 Å². The van der Waals surface area contributed by atoms with Crippen molar-refractivity contribution in [2.75, 3.05) is 31.1 Å². The molecule has 34 heavy (non-hydrogen) atoms. The third-order valence-corrected chi connectivity index (χ3v) is 6.95. The number of hydrogen-bond donors (Lipinski definition) is 1. The maximum absolute atomic E-state index is 6.38. The van der Waals surface area contributed by atoms with Crippen molar-refractivity contribution in [1.29, 1.82) is 0 Å². The van der Waals surface area contributed by atoms with Crippen LogP contribution in [0.25, 0.3) is 0 Å². The highest BCUT2D eigenvalue weighted by molar-refractivity contribution is 6.30. The highest BCUT2D eigenvalue weighted by atomic mass is 35.5. The van der Waals surface area contributed by atoms with Crippen LogP contribution >= 0.6 is 11.6 Å². The van der Waals surface area contributed by atoms with Crippen LogP contribution in [0.4, 0.5) is 5.69 Å². The Balaban J connectivity index is 1.58. The van der Waals surface area contributed by atoms with Crippen LogP contribution in [0.2, 0.25) is 5.02 Å². The summed E-state index contributed by atoms with van der Waals surface area (Å²) in [4.78, 5) is 5.20. The molecule has 3 rings (SSSR count). The second kappa shape index (κ2) is 13.4. The summed E-state index contributed by atoms with van der Waals surface area (Å²) in [6, 6.07) is 17.3. The molecule has 1 heterocycles. The number of anilines is 1. The first-order valence-corrected chi connectivity index (χ1v) is 13.4. The number of hydrogen-bond acceptors (Lipinski definition) is 4. The molecule has 1 unspecified atom stereocenters. The minimum Gasteiger partial charge on any atom is -0.489 e. The maximum atomic E-state index is 6.38. The Morgan fingerprint density at radius 2 is 1.62 bits per heavy atom. The van der Waals surface area contributed by atoms with Crippen molar-refractivity contribution in [1.82, 2.24) is 4.90 Å². The molecule has 2 aromatic rings. The minimum atomic E-state index is 0.286. The van der Waals surface area contributed by atoms with E-state index in [1.54, 1.807) is 0 Å². The van der Waals surface area contributed by atoms with Crippen LogP contribution in [0.1, 0.15) is 58.9 Å². The molecule has 0 spiro atoms. The Kier molecular flexibility index (Phi) is 10.6. The molecule has 0 aromatic heterocycles. The van der Waals surface area contributed by atoms with E-state index in [4.69, 9.17) is 22.1 Å². The fraction of sp³-hybridized carbons (Fsp3) is 0.586. The molecule has 1 fully saturated rings. The first-order valence-electron chi connectivity index (χ1n) is 13.0. The molecule has 1 saturated heterocycles. The number of piperidine rings is 1. The van der Waals surface area contributed by atoms with Gasteiger partial charge in [0.05, 0.1) is 0 Å². The predicted octanol–water partition coefficient (Wildman–Crippen LogP) is 6.61. The fourth-order valence-corrected chi connectivity index (χ4v) is 4.95. The molecule has 0 bridgehead atoms. The highest BCUT2D eigenvalue weighted by Crippen LogP contribution is 2.27. The lowest BCUT2D eigenvalue weighted by Gasteiger charge is -2.41. The zero-order chi connectivity index (χ0) is 24.5. The second-order valence-corrected chi connectivity index (χ2v) is 11.1. The largest absolute Gasteiger partial charge is 0.489 e. The smallest absolute Gasteiger partial charge is 0.119 e. The molecule has 0 radical (unpaired) electrons. The van der Waals surface area contributed by atoms with Gasteiger partial charge in [-0.1, -0.05) is 51.4 Å². The Morgan fingerprint density at radius 1 is 0.971 bits per heavy atom. The number of nitrogens with zero attached hydrogens (tertiary/aromatic N) is 2. The van der Waals surface area contributed by atoms with Gasteiger partial charge >= 0.3 is 0 Å². The van der Waals surface area contributed by atoms with Crippen LogP contribution in [-0.2, 0) is 6.61 Å². The SMILES string of the molecule is CC(C)CCN(c1ccc(OCc2ccc(Cl)cc2)cc1)C1CCN(CC(N)CC(C)C)CC1. The highest BCUT2D eigenvalue weighted by Gasteiger charge is 2.26. The molecule has 4 nitrogen and oxygen atoms in total. The lowest BCUT2D eigenvalue weighted by molar-refractivity contribution is 0.191. The Morgan fingerprint density at radius 3 is 2.21 bits per heavy atom. The van der Waals surface area contributed by atoms with E-state index in [1.165, 1.54) is 24.9 Å². The van der Waals surface area contributed by atoms with Gasteiger partial charge in [0, 0.05) is 49.0 Å². The van der Waals surface area contributed by atoms with E-state index in [-0.39, 0.29) is 6.04 Å². The Bertz CT molecular complexity index is 829. The number of rotatable bonds is 12. The summed E-state index contributed by atoms with van der Waals surface area (Å²) in [6.07, 6.45) is 4.70. The third kappa shape index (κ3) is 8.79. The molecule has 0 aliphatic carbocycles. The van der Waals surface area contributed by atoms with Gasteiger partial charge in [0.25, 0.3) is 0 Å². The summed E-state index contributed by atoms with van der Waals surface area (Å²) in [5.74, 6) is 2.26. The summed E-state index contributed by atoms with van der Waals surface area (Å²) >= 11 is 5.98.